The van der Waals surface area contributed by atoms with E-state index in [2.05, 4.69) is 25.0 Å². The lowest BCUT2D eigenvalue weighted by Crippen LogP contribution is -2.05. The minimum atomic E-state index is -4.46. The SMILES string of the molecule is O=c1[nH]c(-c2c(F)ccnc2Nc2ccc(C(F)(F)F)cc2)no1. The van der Waals surface area contributed by atoms with Crippen LogP contribution >= 0.6 is 0 Å². The summed E-state index contributed by atoms with van der Waals surface area (Å²) < 4.78 is 56.0. The lowest BCUT2D eigenvalue weighted by atomic mass is 10.2. The molecule has 0 saturated carbocycles. The molecule has 6 nitrogen and oxygen atoms in total. The topological polar surface area (TPSA) is 83.8 Å². The largest absolute Gasteiger partial charge is 0.439 e. The van der Waals surface area contributed by atoms with Crippen LogP contribution in [-0.2, 0) is 6.18 Å². The number of hydrogen-bond donors (Lipinski definition) is 2. The summed E-state index contributed by atoms with van der Waals surface area (Å²) in [4.78, 5) is 17.1. The van der Waals surface area contributed by atoms with E-state index < -0.39 is 23.3 Å². The van der Waals surface area contributed by atoms with E-state index in [9.17, 15) is 22.4 Å². The van der Waals surface area contributed by atoms with Crippen LogP contribution in [0.1, 0.15) is 5.56 Å². The Morgan fingerprint density at radius 3 is 2.42 bits per heavy atom. The molecule has 0 aliphatic carbocycles. The van der Waals surface area contributed by atoms with Gasteiger partial charge in [0.05, 0.1) is 11.1 Å². The fourth-order valence-electron chi connectivity index (χ4n) is 1.98. The lowest BCUT2D eigenvalue weighted by molar-refractivity contribution is -0.137. The summed E-state index contributed by atoms with van der Waals surface area (Å²) in [5.41, 5.74) is -0.752. The highest BCUT2D eigenvalue weighted by Crippen LogP contribution is 2.32. The Bertz CT molecular complexity index is 916. The Kier molecular flexibility index (Phi) is 3.80. The normalized spacial score (nSPS) is 11.5. The van der Waals surface area contributed by atoms with Gasteiger partial charge in [-0.25, -0.2) is 14.2 Å². The van der Waals surface area contributed by atoms with E-state index in [-0.39, 0.29) is 22.9 Å². The van der Waals surface area contributed by atoms with Crippen molar-refractivity contribution in [2.45, 2.75) is 6.18 Å². The molecule has 0 atom stereocenters. The number of alkyl halides is 3. The number of hydrogen-bond acceptors (Lipinski definition) is 5. The van der Waals surface area contributed by atoms with Gasteiger partial charge in [-0.2, -0.15) is 13.2 Å². The summed E-state index contributed by atoms with van der Waals surface area (Å²) in [5, 5.41) is 6.06. The molecule has 0 bridgehead atoms. The second-order valence-electron chi connectivity index (χ2n) is 4.66. The first-order chi connectivity index (χ1) is 11.3. The molecule has 0 amide bonds. The van der Waals surface area contributed by atoms with Gasteiger partial charge in [0.1, 0.15) is 11.6 Å². The van der Waals surface area contributed by atoms with Gasteiger partial charge < -0.3 is 5.32 Å². The number of anilines is 2. The van der Waals surface area contributed by atoms with Gasteiger partial charge in [-0.15, -0.1) is 0 Å². The van der Waals surface area contributed by atoms with Gasteiger partial charge >= 0.3 is 11.9 Å². The van der Waals surface area contributed by atoms with Crippen molar-refractivity contribution in [3.63, 3.8) is 0 Å². The van der Waals surface area contributed by atoms with Crippen molar-refractivity contribution < 1.29 is 22.1 Å². The van der Waals surface area contributed by atoms with Gasteiger partial charge in [0.15, 0.2) is 5.82 Å². The Balaban J connectivity index is 1.96. The van der Waals surface area contributed by atoms with Crippen LogP contribution in [0.2, 0.25) is 0 Å². The maximum Gasteiger partial charge on any atom is 0.439 e. The number of nitrogens with one attached hydrogen (secondary N) is 2. The first-order valence-corrected chi connectivity index (χ1v) is 6.50. The first-order valence-electron chi connectivity index (χ1n) is 6.50. The van der Waals surface area contributed by atoms with Crippen molar-refractivity contribution in [1.29, 1.82) is 0 Å². The van der Waals surface area contributed by atoms with E-state index in [4.69, 9.17) is 0 Å². The zero-order chi connectivity index (χ0) is 17.3. The van der Waals surface area contributed by atoms with E-state index in [1.165, 1.54) is 12.1 Å². The van der Waals surface area contributed by atoms with Crippen LogP contribution in [0.3, 0.4) is 0 Å². The van der Waals surface area contributed by atoms with Gasteiger partial charge in [-0.3, -0.25) is 9.51 Å². The zero-order valence-corrected chi connectivity index (χ0v) is 11.7. The molecule has 124 valence electrons. The minimum Gasteiger partial charge on any atom is -0.340 e. The molecule has 24 heavy (non-hydrogen) atoms. The quantitative estimate of drug-likeness (QED) is 0.715. The molecule has 3 rings (SSSR count). The fourth-order valence-corrected chi connectivity index (χ4v) is 1.98. The smallest absolute Gasteiger partial charge is 0.340 e. The summed E-state index contributed by atoms with van der Waals surface area (Å²) in [6, 6.07) is 5.13. The highest BCUT2D eigenvalue weighted by Gasteiger charge is 2.30. The van der Waals surface area contributed by atoms with E-state index in [0.717, 1.165) is 24.4 Å². The van der Waals surface area contributed by atoms with Gasteiger partial charge in [0.2, 0.25) is 0 Å². The van der Waals surface area contributed by atoms with Gasteiger partial charge in [0, 0.05) is 11.9 Å². The Hall–Kier alpha value is -3.17. The molecular formula is C14H8F4N4O2. The van der Waals surface area contributed by atoms with Crippen LogP contribution in [0.25, 0.3) is 11.4 Å². The van der Waals surface area contributed by atoms with Gasteiger partial charge in [0.25, 0.3) is 0 Å². The molecule has 0 fully saturated rings. The van der Waals surface area contributed by atoms with Crippen LogP contribution in [0.15, 0.2) is 45.8 Å². The number of nitrogens with zero attached hydrogens (tertiary/aromatic N) is 2. The van der Waals surface area contributed by atoms with Crippen LogP contribution < -0.4 is 11.1 Å². The van der Waals surface area contributed by atoms with Gasteiger partial charge in [-0.1, -0.05) is 5.16 Å². The van der Waals surface area contributed by atoms with Crippen molar-refractivity contribution >= 4 is 11.5 Å². The van der Waals surface area contributed by atoms with Crippen molar-refractivity contribution in [3.05, 3.63) is 58.5 Å². The highest BCUT2D eigenvalue weighted by molar-refractivity contribution is 5.74. The third-order valence-electron chi connectivity index (χ3n) is 3.05. The van der Waals surface area contributed by atoms with Crippen LogP contribution in [0.4, 0.5) is 29.1 Å². The summed E-state index contributed by atoms with van der Waals surface area (Å²) in [6.07, 6.45) is -3.30. The Morgan fingerprint density at radius 2 is 1.83 bits per heavy atom. The third-order valence-corrected chi connectivity index (χ3v) is 3.05. The molecule has 0 aliphatic heterocycles. The number of benzene rings is 1. The number of rotatable bonds is 3. The van der Waals surface area contributed by atoms with Crippen molar-refractivity contribution in [2.75, 3.05) is 5.32 Å². The van der Waals surface area contributed by atoms with Crippen LogP contribution in [0.5, 0.6) is 0 Å². The number of H-pyrrole nitrogens is 1. The van der Waals surface area contributed by atoms with Crippen LogP contribution in [0, 0.1) is 5.82 Å². The van der Waals surface area contributed by atoms with E-state index in [1.807, 2.05) is 0 Å². The van der Waals surface area contributed by atoms with Gasteiger partial charge in [-0.05, 0) is 30.3 Å². The fraction of sp³-hybridized carbons (Fsp3) is 0.0714. The molecule has 0 spiro atoms. The molecule has 2 aromatic heterocycles. The maximum atomic E-state index is 14.0. The van der Waals surface area contributed by atoms with Crippen molar-refractivity contribution in [3.8, 4) is 11.4 Å². The molecule has 0 radical (unpaired) electrons. The maximum absolute atomic E-state index is 14.0. The zero-order valence-electron chi connectivity index (χ0n) is 11.7. The Morgan fingerprint density at radius 1 is 1.12 bits per heavy atom. The first kappa shape index (κ1) is 15.7. The number of pyridine rings is 1. The summed E-state index contributed by atoms with van der Waals surface area (Å²) in [6.45, 7) is 0. The second-order valence-corrected chi connectivity index (χ2v) is 4.66. The lowest BCUT2D eigenvalue weighted by Gasteiger charge is -2.11. The van der Waals surface area contributed by atoms with Crippen molar-refractivity contribution in [2.24, 2.45) is 0 Å². The molecule has 0 unspecified atom stereocenters. The average Bonchev–Trinajstić information content (AvgIpc) is 2.93. The molecule has 2 heterocycles. The number of halogens is 4. The molecule has 0 aliphatic rings. The molecule has 0 saturated heterocycles. The third kappa shape index (κ3) is 3.12. The predicted molar refractivity (Wildman–Crippen MR) is 75.0 cm³/mol. The molecule has 1 aromatic carbocycles. The predicted octanol–water partition coefficient (Wildman–Crippen LogP) is 3.33. The standard InChI is InChI=1S/C14H8F4N4O2/c15-9-5-6-19-11(10(9)12-21-13(23)24-22-12)20-8-3-1-7(2-4-8)14(16,17)18/h1-6H,(H,19,20)(H,21,22,23). The second kappa shape index (κ2) is 5.80. The van der Waals surface area contributed by atoms with Crippen LogP contribution in [-0.4, -0.2) is 15.1 Å². The number of aromatic nitrogens is 3. The summed E-state index contributed by atoms with van der Waals surface area (Å²) in [5.74, 6) is -1.86. The van der Waals surface area contributed by atoms with E-state index >= 15 is 0 Å². The minimum absolute atomic E-state index is 0.0423. The molecule has 2 N–H and O–H groups in total. The van der Waals surface area contributed by atoms with E-state index in [0.29, 0.717) is 0 Å². The van der Waals surface area contributed by atoms with E-state index in [1.54, 1.807) is 0 Å². The summed E-state index contributed by atoms with van der Waals surface area (Å²) >= 11 is 0. The highest BCUT2D eigenvalue weighted by atomic mass is 19.4. The monoisotopic (exact) mass is 340 g/mol. The Labute approximate surface area is 131 Å². The average molecular weight is 340 g/mol. The molecule has 10 heteroatoms. The number of aromatic amines is 1. The van der Waals surface area contributed by atoms with Crippen molar-refractivity contribution in [1.82, 2.24) is 15.1 Å². The molecular weight excluding hydrogens is 332 g/mol. The molecule has 3 aromatic rings. The summed E-state index contributed by atoms with van der Waals surface area (Å²) in [7, 11) is 0.